The molecule has 0 aromatic rings. The van der Waals surface area contributed by atoms with E-state index in [9.17, 15) is 28.8 Å². The lowest BCUT2D eigenvalue weighted by atomic mass is 9.93. The summed E-state index contributed by atoms with van der Waals surface area (Å²) in [6, 6.07) is 0. The van der Waals surface area contributed by atoms with Crippen molar-refractivity contribution < 1.29 is 66.8 Å². The lowest BCUT2D eigenvalue weighted by molar-refractivity contribution is -0.177. The van der Waals surface area contributed by atoms with Gasteiger partial charge in [0.15, 0.2) is 0 Å². The fraction of sp³-hybridized carbons (Fsp3) is 0.769. The van der Waals surface area contributed by atoms with Crippen molar-refractivity contribution >= 4 is 67.7 Å². The molecule has 0 radical (unpaired) electrons. The summed E-state index contributed by atoms with van der Waals surface area (Å²) in [6.45, 7) is 7.81. The Bertz CT molecular complexity index is 930. The summed E-state index contributed by atoms with van der Waals surface area (Å²) in [6.07, 6.45) is -1.21. The normalized spacial score (nSPS) is 14.0. The molecule has 1 aliphatic heterocycles. The minimum atomic E-state index is -1.46. The monoisotopic (exact) mass is 747 g/mol. The first-order valence-electron chi connectivity index (χ1n) is 13.3. The van der Waals surface area contributed by atoms with Crippen LogP contribution >= 0.6 is 31.9 Å². The van der Waals surface area contributed by atoms with Crippen molar-refractivity contribution in [3.63, 3.8) is 0 Å². The first-order chi connectivity index (χ1) is 20.0. The van der Waals surface area contributed by atoms with Crippen LogP contribution in [0.4, 0.5) is 4.79 Å². The zero-order valence-electron chi connectivity index (χ0n) is 24.9. The van der Waals surface area contributed by atoms with Gasteiger partial charge >= 0.3 is 24.1 Å². The number of halogens is 2. The fourth-order valence-electron chi connectivity index (χ4n) is 2.80. The van der Waals surface area contributed by atoms with Crippen LogP contribution < -0.4 is 0 Å². The highest BCUT2D eigenvalue weighted by atomic mass is 79.9. The molecule has 1 heterocycles. The zero-order valence-corrected chi connectivity index (χ0v) is 28.1. The minimum Gasteiger partial charge on any atom is -0.463 e. The predicted molar refractivity (Wildman–Crippen MR) is 153 cm³/mol. The van der Waals surface area contributed by atoms with Crippen molar-refractivity contribution in [3.8, 4) is 0 Å². The summed E-state index contributed by atoms with van der Waals surface area (Å²) in [4.78, 5) is 75.9. The Morgan fingerprint density at radius 2 is 0.977 bits per heavy atom. The number of ether oxygens (including phenoxy) is 7. The third kappa shape index (κ3) is 15.3. The van der Waals surface area contributed by atoms with Gasteiger partial charge in [-0.1, -0.05) is 36.9 Å². The van der Waals surface area contributed by atoms with Crippen LogP contribution in [-0.4, -0.2) is 116 Å². The van der Waals surface area contributed by atoms with Crippen LogP contribution in [0.2, 0.25) is 0 Å². The molecule has 15 nitrogen and oxygen atoms in total. The topological polar surface area (TPSA) is 180 Å². The Morgan fingerprint density at radius 1 is 0.605 bits per heavy atom. The number of hydrogen-bond donors (Lipinski definition) is 0. The second-order valence-electron chi connectivity index (χ2n) is 10.4. The Morgan fingerprint density at radius 3 is 1.37 bits per heavy atom. The van der Waals surface area contributed by atoms with Crippen LogP contribution in [0, 0.1) is 5.41 Å². The molecule has 0 unspecified atom stereocenters. The van der Waals surface area contributed by atoms with E-state index in [4.69, 9.17) is 33.2 Å². The maximum Gasteiger partial charge on any atom is 0.534 e. The van der Waals surface area contributed by atoms with E-state index in [1.165, 1.54) is 6.92 Å². The van der Waals surface area contributed by atoms with Crippen molar-refractivity contribution in [2.75, 3.05) is 66.1 Å². The van der Waals surface area contributed by atoms with Gasteiger partial charge in [-0.25, -0.2) is 4.79 Å². The van der Waals surface area contributed by atoms with Crippen LogP contribution in [0.1, 0.15) is 47.5 Å². The smallest absolute Gasteiger partial charge is 0.463 e. The number of nitrogens with zero attached hydrogens (tertiary/aromatic N) is 1. The summed E-state index contributed by atoms with van der Waals surface area (Å²) in [7, 11) is 0. The Labute approximate surface area is 266 Å². The van der Waals surface area contributed by atoms with Crippen molar-refractivity contribution in [2.45, 2.75) is 56.1 Å². The molecule has 43 heavy (non-hydrogen) atoms. The average Bonchev–Trinajstić information content (AvgIpc) is 3.23. The number of amides is 2. The molecule has 1 rings (SSSR count). The molecule has 0 spiro atoms. The maximum absolute atomic E-state index is 12.8. The molecule has 0 N–H and O–H groups in total. The number of carbonyl (C=O) groups excluding carboxylic acids is 6. The third-order valence-corrected chi connectivity index (χ3v) is 5.98. The van der Waals surface area contributed by atoms with Gasteiger partial charge in [-0.3, -0.25) is 28.8 Å². The predicted octanol–water partition coefficient (Wildman–Crippen LogP) is 2.24. The second-order valence-corrected chi connectivity index (χ2v) is 14.4. The molecule has 246 valence electrons. The highest BCUT2D eigenvalue weighted by Crippen LogP contribution is 2.26. The summed E-state index contributed by atoms with van der Waals surface area (Å²) < 4.78 is 34.5. The zero-order chi connectivity index (χ0) is 32.7. The Kier molecular flexibility index (Phi) is 16.6. The van der Waals surface area contributed by atoms with Crippen molar-refractivity contribution in [2.24, 2.45) is 5.41 Å². The Balaban J connectivity index is 2.21. The number of carbonyl (C=O) groups is 6. The van der Waals surface area contributed by atoms with E-state index in [0.717, 1.165) is 0 Å². The van der Waals surface area contributed by atoms with Crippen molar-refractivity contribution in [1.29, 1.82) is 0 Å². The van der Waals surface area contributed by atoms with Gasteiger partial charge in [-0.05, 0) is 34.6 Å². The molecule has 0 aromatic carbocycles. The number of imide groups is 1. The molecule has 2 amide bonds. The van der Waals surface area contributed by atoms with Crippen LogP contribution in [-0.2, 0) is 62.0 Å². The number of rotatable bonds is 20. The first-order valence-corrected chi connectivity index (χ1v) is 14.9. The molecule has 0 aromatic heterocycles. The second kappa shape index (κ2) is 18.5. The maximum atomic E-state index is 12.8. The van der Waals surface area contributed by atoms with Gasteiger partial charge in [0.25, 0.3) is 11.8 Å². The summed E-state index contributed by atoms with van der Waals surface area (Å²) in [5, 5.41) is 0.387. The summed E-state index contributed by atoms with van der Waals surface area (Å²) >= 11 is 6.40. The van der Waals surface area contributed by atoms with Gasteiger partial charge in [-0.2, -0.15) is 0 Å². The van der Waals surface area contributed by atoms with E-state index in [-0.39, 0.29) is 78.9 Å². The van der Waals surface area contributed by atoms with Crippen LogP contribution in [0.25, 0.3) is 0 Å². The number of hydroxylamine groups is 2. The molecule has 1 aliphatic rings. The molecule has 17 heteroatoms. The standard InChI is InChI=1S/C26H39Br2NO14/c1-24(2,27)20(32)41-16-26(5,17-42-21(33)25(3,4)28)22(34)39-14-12-37-10-8-36-9-11-38-13-15-40-23(35)43-29-18(30)6-7-19(29)31/h6-17H2,1-5H3. The molecular formula is C26H39Br2NO14. The van der Waals surface area contributed by atoms with Gasteiger partial charge < -0.3 is 33.2 Å². The number of hydrogen-bond acceptors (Lipinski definition) is 14. The van der Waals surface area contributed by atoms with E-state index in [2.05, 4.69) is 36.7 Å². The molecule has 1 fully saturated rings. The number of alkyl halides is 2. The quantitative estimate of drug-likeness (QED) is 0.0582. The van der Waals surface area contributed by atoms with Gasteiger partial charge in [0.2, 0.25) is 0 Å². The average molecular weight is 749 g/mol. The van der Waals surface area contributed by atoms with E-state index in [1.54, 1.807) is 27.7 Å². The lowest BCUT2D eigenvalue weighted by Gasteiger charge is -2.28. The van der Waals surface area contributed by atoms with Crippen molar-refractivity contribution in [3.05, 3.63) is 0 Å². The largest absolute Gasteiger partial charge is 0.534 e. The molecule has 1 saturated heterocycles. The van der Waals surface area contributed by atoms with Gasteiger partial charge in [-0.15, -0.1) is 0 Å². The highest BCUT2D eigenvalue weighted by molar-refractivity contribution is 9.10. The van der Waals surface area contributed by atoms with Gasteiger partial charge in [0.1, 0.15) is 40.5 Å². The Hall–Kier alpha value is -2.34. The van der Waals surface area contributed by atoms with Gasteiger partial charge in [0.05, 0.1) is 39.6 Å². The van der Waals surface area contributed by atoms with Crippen molar-refractivity contribution in [1.82, 2.24) is 5.06 Å². The molecular weight excluding hydrogens is 710 g/mol. The summed E-state index contributed by atoms with van der Waals surface area (Å²) in [5.74, 6) is -3.15. The number of esters is 3. The lowest BCUT2D eigenvalue weighted by Crippen LogP contribution is -2.43. The summed E-state index contributed by atoms with van der Waals surface area (Å²) in [5.41, 5.74) is -1.46. The van der Waals surface area contributed by atoms with E-state index in [0.29, 0.717) is 5.06 Å². The molecule has 0 bridgehead atoms. The SMILES string of the molecule is CC(C)(Br)C(=O)OCC(C)(COC(=O)C(C)(C)Br)C(=O)OCCOCCOCCOCCOC(=O)ON1C(=O)CCC1=O. The van der Waals surface area contributed by atoms with E-state index < -0.39 is 49.9 Å². The molecule has 0 aliphatic carbocycles. The molecule has 0 saturated carbocycles. The van der Waals surface area contributed by atoms with Crippen LogP contribution in [0.5, 0.6) is 0 Å². The van der Waals surface area contributed by atoms with Crippen LogP contribution in [0.3, 0.4) is 0 Å². The van der Waals surface area contributed by atoms with Crippen LogP contribution in [0.15, 0.2) is 0 Å². The van der Waals surface area contributed by atoms with Gasteiger partial charge in [0, 0.05) is 12.8 Å². The fourth-order valence-corrected chi connectivity index (χ4v) is 3.03. The molecule has 0 atom stereocenters. The van der Waals surface area contributed by atoms with E-state index >= 15 is 0 Å². The highest BCUT2D eigenvalue weighted by Gasteiger charge is 2.41. The third-order valence-electron chi connectivity index (χ3n) is 5.33. The van der Waals surface area contributed by atoms with E-state index in [1.807, 2.05) is 0 Å². The minimum absolute atomic E-state index is 0.0133. The first kappa shape index (κ1) is 38.7.